The summed E-state index contributed by atoms with van der Waals surface area (Å²) in [5.74, 6) is 0.537. The summed E-state index contributed by atoms with van der Waals surface area (Å²) in [6, 6.07) is 22.1. The first kappa shape index (κ1) is 24.8. The predicted molar refractivity (Wildman–Crippen MR) is 137 cm³/mol. The molecule has 3 aromatic carbocycles. The highest BCUT2D eigenvalue weighted by molar-refractivity contribution is 6.23. The zero-order chi connectivity index (χ0) is 25.5. The molecular formula is C28H29N3O5. The Labute approximate surface area is 210 Å². The van der Waals surface area contributed by atoms with Gasteiger partial charge in [0.15, 0.2) is 0 Å². The zero-order valence-corrected chi connectivity index (χ0v) is 20.3. The maximum Gasteiger partial charge on any atom is 0.322 e. The molecule has 0 aromatic heterocycles. The van der Waals surface area contributed by atoms with Gasteiger partial charge in [0.25, 0.3) is 5.91 Å². The Kier molecular flexibility index (Phi) is 7.85. The summed E-state index contributed by atoms with van der Waals surface area (Å²) < 4.78 is 10.6. The molecule has 1 N–H and O–H groups in total. The predicted octanol–water partition coefficient (Wildman–Crippen LogP) is 4.50. The second-order valence-corrected chi connectivity index (χ2v) is 8.30. The third kappa shape index (κ3) is 5.66. The fourth-order valence-corrected chi connectivity index (χ4v) is 4.15. The Morgan fingerprint density at radius 3 is 2.28 bits per heavy atom. The first-order valence-corrected chi connectivity index (χ1v) is 11.9. The SMILES string of the molecule is CCOc1ccc(N2C(=O)CC(N(CCc3ccccc3)C(=O)Nc3ccc(OC)cc3)C2=O)cc1. The molecule has 0 radical (unpaired) electrons. The second-order valence-electron chi connectivity index (χ2n) is 8.30. The summed E-state index contributed by atoms with van der Waals surface area (Å²) in [6.45, 7) is 2.67. The monoisotopic (exact) mass is 487 g/mol. The normalized spacial score (nSPS) is 15.1. The van der Waals surface area contributed by atoms with E-state index in [0.29, 0.717) is 35.9 Å². The van der Waals surface area contributed by atoms with Crippen molar-refractivity contribution >= 4 is 29.2 Å². The highest BCUT2D eigenvalue weighted by Gasteiger charge is 2.44. The quantitative estimate of drug-likeness (QED) is 0.449. The van der Waals surface area contributed by atoms with Crippen LogP contribution in [0.3, 0.4) is 0 Å². The first-order valence-electron chi connectivity index (χ1n) is 11.9. The average molecular weight is 488 g/mol. The van der Waals surface area contributed by atoms with Crippen molar-refractivity contribution in [2.24, 2.45) is 0 Å². The lowest BCUT2D eigenvalue weighted by molar-refractivity contribution is -0.122. The number of nitrogens with zero attached hydrogens (tertiary/aromatic N) is 2. The van der Waals surface area contributed by atoms with Crippen LogP contribution >= 0.6 is 0 Å². The van der Waals surface area contributed by atoms with Crippen molar-refractivity contribution in [1.29, 1.82) is 0 Å². The summed E-state index contributed by atoms with van der Waals surface area (Å²) in [6.07, 6.45) is 0.453. The average Bonchev–Trinajstić information content (AvgIpc) is 3.19. The maximum atomic E-state index is 13.5. The molecule has 1 atom stereocenters. The standard InChI is InChI=1S/C28H29N3O5/c1-3-36-24-15-11-22(12-16-24)31-26(32)19-25(27(31)33)30(18-17-20-7-5-4-6-8-20)28(34)29-21-9-13-23(35-2)14-10-21/h4-16,25H,3,17-19H2,1-2H3,(H,29,34). The van der Waals surface area contributed by atoms with Crippen molar-refractivity contribution in [3.05, 3.63) is 84.4 Å². The number of rotatable bonds is 9. The lowest BCUT2D eigenvalue weighted by Crippen LogP contribution is -2.48. The van der Waals surface area contributed by atoms with Gasteiger partial charge in [-0.05, 0) is 67.4 Å². The summed E-state index contributed by atoms with van der Waals surface area (Å²) in [5.41, 5.74) is 2.04. The summed E-state index contributed by atoms with van der Waals surface area (Å²) in [5, 5.41) is 2.85. The summed E-state index contributed by atoms with van der Waals surface area (Å²) in [7, 11) is 1.57. The Balaban J connectivity index is 1.55. The van der Waals surface area contributed by atoms with E-state index in [1.165, 1.54) is 4.90 Å². The molecule has 3 aromatic rings. The highest BCUT2D eigenvalue weighted by Crippen LogP contribution is 2.28. The lowest BCUT2D eigenvalue weighted by atomic mass is 10.1. The molecule has 8 nitrogen and oxygen atoms in total. The maximum absolute atomic E-state index is 13.5. The highest BCUT2D eigenvalue weighted by atomic mass is 16.5. The fourth-order valence-electron chi connectivity index (χ4n) is 4.15. The van der Waals surface area contributed by atoms with Crippen molar-refractivity contribution in [3.63, 3.8) is 0 Å². The van der Waals surface area contributed by atoms with Crippen molar-refractivity contribution in [3.8, 4) is 11.5 Å². The van der Waals surface area contributed by atoms with Crippen LogP contribution in [0.25, 0.3) is 0 Å². The first-order chi connectivity index (χ1) is 17.5. The van der Waals surface area contributed by atoms with E-state index in [4.69, 9.17) is 9.47 Å². The van der Waals surface area contributed by atoms with Crippen LogP contribution < -0.4 is 19.7 Å². The van der Waals surface area contributed by atoms with Gasteiger partial charge in [-0.15, -0.1) is 0 Å². The number of hydrogen-bond acceptors (Lipinski definition) is 5. The van der Waals surface area contributed by atoms with E-state index < -0.39 is 18.0 Å². The minimum absolute atomic E-state index is 0.0864. The molecule has 0 saturated carbocycles. The van der Waals surface area contributed by atoms with Gasteiger partial charge in [-0.25, -0.2) is 9.69 Å². The van der Waals surface area contributed by atoms with Crippen LogP contribution in [0.1, 0.15) is 18.9 Å². The molecule has 1 aliphatic rings. The number of ether oxygens (including phenoxy) is 2. The van der Waals surface area contributed by atoms with E-state index in [-0.39, 0.29) is 18.9 Å². The molecule has 1 unspecified atom stereocenters. The van der Waals surface area contributed by atoms with Crippen LogP contribution in [-0.4, -0.2) is 49.0 Å². The van der Waals surface area contributed by atoms with Gasteiger partial charge in [0.1, 0.15) is 17.5 Å². The van der Waals surface area contributed by atoms with Gasteiger partial charge in [0, 0.05) is 12.2 Å². The molecule has 4 rings (SSSR count). The minimum atomic E-state index is -0.911. The topological polar surface area (TPSA) is 88.2 Å². The largest absolute Gasteiger partial charge is 0.497 e. The van der Waals surface area contributed by atoms with Crippen LogP contribution in [0.5, 0.6) is 11.5 Å². The van der Waals surface area contributed by atoms with Gasteiger partial charge >= 0.3 is 6.03 Å². The number of anilines is 2. The van der Waals surface area contributed by atoms with E-state index in [0.717, 1.165) is 10.5 Å². The van der Waals surface area contributed by atoms with Crippen LogP contribution in [0.2, 0.25) is 0 Å². The van der Waals surface area contributed by atoms with Gasteiger partial charge in [-0.1, -0.05) is 30.3 Å². The number of benzene rings is 3. The van der Waals surface area contributed by atoms with Crippen molar-refractivity contribution in [1.82, 2.24) is 4.90 Å². The molecule has 0 bridgehead atoms. The molecule has 4 amide bonds. The van der Waals surface area contributed by atoms with E-state index in [2.05, 4.69) is 5.32 Å². The third-order valence-corrected chi connectivity index (χ3v) is 5.99. The lowest BCUT2D eigenvalue weighted by Gasteiger charge is -2.28. The van der Waals surface area contributed by atoms with Crippen LogP contribution in [-0.2, 0) is 16.0 Å². The van der Waals surface area contributed by atoms with Crippen molar-refractivity contribution in [2.45, 2.75) is 25.8 Å². The molecule has 186 valence electrons. The number of hydrogen-bond donors (Lipinski definition) is 1. The molecule has 1 fully saturated rings. The van der Waals surface area contributed by atoms with Crippen LogP contribution in [0, 0.1) is 0 Å². The Hall–Kier alpha value is -4.33. The molecule has 1 heterocycles. The van der Waals surface area contributed by atoms with E-state index >= 15 is 0 Å². The van der Waals surface area contributed by atoms with Gasteiger partial charge in [-0.3, -0.25) is 9.59 Å². The van der Waals surface area contributed by atoms with Crippen molar-refractivity contribution in [2.75, 3.05) is 30.5 Å². The molecule has 8 heteroatoms. The number of carbonyl (C=O) groups excluding carboxylic acids is 3. The van der Waals surface area contributed by atoms with E-state index in [1.807, 2.05) is 37.3 Å². The summed E-state index contributed by atoms with van der Waals surface area (Å²) >= 11 is 0. The molecule has 1 saturated heterocycles. The second kappa shape index (κ2) is 11.4. The molecule has 0 spiro atoms. The Morgan fingerprint density at radius 1 is 0.972 bits per heavy atom. The van der Waals surface area contributed by atoms with Gasteiger partial charge < -0.3 is 19.7 Å². The van der Waals surface area contributed by atoms with E-state index in [1.54, 1.807) is 55.6 Å². The number of imide groups is 1. The van der Waals surface area contributed by atoms with Crippen LogP contribution in [0.4, 0.5) is 16.2 Å². The third-order valence-electron chi connectivity index (χ3n) is 5.99. The fraction of sp³-hybridized carbons (Fsp3) is 0.250. The molecule has 36 heavy (non-hydrogen) atoms. The number of methoxy groups -OCH3 is 1. The molecular weight excluding hydrogens is 458 g/mol. The number of urea groups is 1. The minimum Gasteiger partial charge on any atom is -0.497 e. The van der Waals surface area contributed by atoms with Gasteiger partial charge in [0.05, 0.1) is 25.8 Å². The Bertz CT molecular complexity index is 1200. The van der Waals surface area contributed by atoms with Gasteiger partial charge in [0.2, 0.25) is 5.91 Å². The Morgan fingerprint density at radius 2 is 1.64 bits per heavy atom. The van der Waals surface area contributed by atoms with Gasteiger partial charge in [-0.2, -0.15) is 0 Å². The zero-order valence-electron chi connectivity index (χ0n) is 20.3. The van der Waals surface area contributed by atoms with Crippen LogP contribution in [0.15, 0.2) is 78.9 Å². The van der Waals surface area contributed by atoms with Crippen molar-refractivity contribution < 1.29 is 23.9 Å². The molecule has 1 aliphatic heterocycles. The smallest absolute Gasteiger partial charge is 0.322 e. The van der Waals surface area contributed by atoms with E-state index in [9.17, 15) is 14.4 Å². The number of carbonyl (C=O) groups is 3. The number of amides is 4. The summed E-state index contributed by atoms with van der Waals surface area (Å²) in [4.78, 5) is 42.4. The number of nitrogens with one attached hydrogen (secondary N) is 1. The molecule has 0 aliphatic carbocycles.